The highest BCUT2D eigenvalue weighted by atomic mass is 16.6. The Morgan fingerprint density at radius 2 is 1.62 bits per heavy atom. The van der Waals surface area contributed by atoms with Crippen molar-refractivity contribution in [3.05, 3.63) is 10.4 Å². The van der Waals surface area contributed by atoms with E-state index in [1.165, 1.54) is 14.2 Å². The molecule has 0 aliphatic carbocycles. The van der Waals surface area contributed by atoms with Crippen molar-refractivity contribution in [2.75, 3.05) is 14.2 Å². The molecule has 0 bridgehead atoms. The Morgan fingerprint density at radius 1 is 1.08 bits per heavy atom. The van der Waals surface area contributed by atoms with E-state index in [2.05, 4.69) is 15.3 Å². The summed E-state index contributed by atoms with van der Waals surface area (Å²) < 4.78 is 14.6. The van der Waals surface area contributed by atoms with Crippen LogP contribution in [0.3, 0.4) is 0 Å². The average molecular weight is 372 g/mol. The quantitative estimate of drug-likeness (QED) is 0.228. The van der Waals surface area contributed by atoms with Crippen LogP contribution in [0.25, 0.3) is 10.4 Å². The highest BCUT2D eigenvalue weighted by molar-refractivity contribution is 5.82. The topological polar surface area (TPSA) is 140 Å². The maximum atomic E-state index is 12.1. The molecule has 0 fully saturated rings. The van der Waals surface area contributed by atoms with Gasteiger partial charge in [-0.3, -0.25) is 4.79 Å². The second-order valence-corrected chi connectivity index (χ2v) is 7.38. The third kappa shape index (κ3) is 9.12. The summed E-state index contributed by atoms with van der Waals surface area (Å²) in [4.78, 5) is 38.9. The minimum absolute atomic E-state index is 0.0943. The van der Waals surface area contributed by atoms with Crippen molar-refractivity contribution in [1.82, 2.24) is 5.32 Å². The molecule has 0 saturated heterocycles. The van der Waals surface area contributed by atoms with Crippen molar-refractivity contribution < 1.29 is 28.6 Å². The number of rotatable bonds is 8. The zero-order valence-electron chi connectivity index (χ0n) is 16.4. The molecule has 0 aliphatic rings. The van der Waals surface area contributed by atoms with Gasteiger partial charge in [0.05, 0.1) is 20.1 Å². The Morgan fingerprint density at radius 3 is 2.04 bits per heavy atom. The molecule has 1 amide bonds. The Kier molecular flexibility index (Phi) is 8.92. The summed E-state index contributed by atoms with van der Waals surface area (Å²) in [6.45, 7) is 8.34. The smallest absolute Gasteiger partial charge is 0.408 e. The number of ether oxygens (including phenoxy) is 3. The molecule has 1 N–H and O–H groups in total. The number of esters is 2. The predicted octanol–water partition coefficient (Wildman–Crippen LogP) is 2.71. The fraction of sp³-hybridized carbons (Fsp3) is 0.812. The largest absolute Gasteiger partial charge is 0.469 e. The molecule has 0 aromatic heterocycles. The molecule has 0 rings (SSSR count). The van der Waals surface area contributed by atoms with E-state index in [1.807, 2.05) is 0 Å². The SMILES string of the molecule is COC(=O)[C@@H](C[C@H](NC(=O)OC(C)(C)C)C(=O)OC)CC(C)(C)N=[N+]=[N-]. The lowest BCUT2D eigenvalue weighted by molar-refractivity contribution is -0.148. The number of methoxy groups -OCH3 is 2. The number of amides is 1. The van der Waals surface area contributed by atoms with E-state index >= 15 is 0 Å². The van der Waals surface area contributed by atoms with E-state index in [0.29, 0.717) is 0 Å². The van der Waals surface area contributed by atoms with Crippen LogP contribution in [-0.2, 0) is 23.8 Å². The maximum absolute atomic E-state index is 12.1. The van der Waals surface area contributed by atoms with Gasteiger partial charge in [0.1, 0.15) is 11.6 Å². The van der Waals surface area contributed by atoms with Gasteiger partial charge in [0.25, 0.3) is 0 Å². The van der Waals surface area contributed by atoms with E-state index in [0.717, 1.165) is 0 Å². The maximum Gasteiger partial charge on any atom is 0.408 e. The van der Waals surface area contributed by atoms with Crippen LogP contribution in [0.4, 0.5) is 4.79 Å². The molecular weight excluding hydrogens is 344 g/mol. The van der Waals surface area contributed by atoms with E-state index < -0.39 is 41.1 Å². The van der Waals surface area contributed by atoms with Crippen LogP contribution in [0.15, 0.2) is 5.11 Å². The van der Waals surface area contributed by atoms with Gasteiger partial charge >= 0.3 is 18.0 Å². The number of alkyl carbamates (subject to hydrolysis) is 1. The summed E-state index contributed by atoms with van der Waals surface area (Å²) in [7, 11) is 2.38. The van der Waals surface area contributed by atoms with Crippen molar-refractivity contribution >= 4 is 18.0 Å². The summed E-state index contributed by atoms with van der Waals surface area (Å²) in [6.07, 6.45) is -0.790. The first-order chi connectivity index (χ1) is 11.8. The molecule has 0 radical (unpaired) electrons. The van der Waals surface area contributed by atoms with Crippen molar-refractivity contribution in [3.63, 3.8) is 0 Å². The van der Waals surface area contributed by atoms with Gasteiger partial charge in [-0.15, -0.1) is 0 Å². The Balaban J connectivity index is 5.38. The zero-order chi connectivity index (χ0) is 20.5. The Bertz CT molecular complexity index is 564. The number of hydrogen-bond acceptors (Lipinski definition) is 7. The van der Waals surface area contributed by atoms with Gasteiger partial charge in [0.15, 0.2) is 0 Å². The van der Waals surface area contributed by atoms with Gasteiger partial charge < -0.3 is 19.5 Å². The van der Waals surface area contributed by atoms with Crippen LogP contribution in [-0.4, -0.2) is 49.4 Å². The van der Waals surface area contributed by atoms with Gasteiger partial charge in [-0.1, -0.05) is 19.0 Å². The fourth-order valence-corrected chi connectivity index (χ4v) is 2.29. The lowest BCUT2D eigenvalue weighted by Gasteiger charge is -2.27. The lowest BCUT2D eigenvalue weighted by Crippen LogP contribution is -2.46. The van der Waals surface area contributed by atoms with Crippen LogP contribution in [0.5, 0.6) is 0 Å². The van der Waals surface area contributed by atoms with E-state index in [-0.39, 0.29) is 12.8 Å². The molecule has 148 valence electrons. The second-order valence-electron chi connectivity index (χ2n) is 7.38. The van der Waals surface area contributed by atoms with Gasteiger partial charge in [0.2, 0.25) is 0 Å². The molecule has 0 unspecified atom stereocenters. The van der Waals surface area contributed by atoms with E-state index in [1.54, 1.807) is 34.6 Å². The number of hydrogen-bond donors (Lipinski definition) is 1. The molecular formula is C16H28N4O6. The van der Waals surface area contributed by atoms with Crippen molar-refractivity contribution in [2.45, 2.75) is 64.6 Å². The minimum atomic E-state index is -1.12. The van der Waals surface area contributed by atoms with Crippen molar-refractivity contribution in [1.29, 1.82) is 0 Å². The molecule has 2 atom stereocenters. The molecule has 0 heterocycles. The van der Waals surface area contributed by atoms with Gasteiger partial charge in [0, 0.05) is 10.5 Å². The van der Waals surface area contributed by atoms with Crippen molar-refractivity contribution in [3.8, 4) is 0 Å². The fourth-order valence-electron chi connectivity index (χ4n) is 2.29. The highest BCUT2D eigenvalue weighted by Crippen LogP contribution is 2.25. The van der Waals surface area contributed by atoms with E-state index in [4.69, 9.17) is 19.7 Å². The molecule has 0 aromatic carbocycles. The Hall–Kier alpha value is -2.48. The van der Waals surface area contributed by atoms with Gasteiger partial charge in [-0.05, 0) is 39.1 Å². The van der Waals surface area contributed by atoms with Gasteiger partial charge in [-0.2, -0.15) is 0 Å². The normalized spacial score (nSPS) is 13.7. The van der Waals surface area contributed by atoms with Crippen LogP contribution < -0.4 is 5.32 Å². The van der Waals surface area contributed by atoms with Crippen LogP contribution in [0.2, 0.25) is 0 Å². The van der Waals surface area contributed by atoms with E-state index in [9.17, 15) is 14.4 Å². The monoisotopic (exact) mass is 372 g/mol. The summed E-state index contributed by atoms with van der Waals surface area (Å²) in [5.41, 5.74) is 7.00. The third-order valence-electron chi connectivity index (χ3n) is 3.29. The summed E-state index contributed by atoms with van der Waals surface area (Å²) in [5, 5.41) is 6.04. The second kappa shape index (κ2) is 9.86. The number of azide groups is 1. The first kappa shape index (κ1) is 23.5. The van der Waals surface area contributed by atoms with Crippen LogP contribution in [0.1, 0.15) is 47.5 Å². The first-order valence-electron chi connectivity index (χ1n) is 8.06. The Labute approximate surface area is 153 Å². The van der Waals surface area contributed by atoms with Crippen LogP contribution in [0, 0.1) is 5.92 Å². The van der Waals surface area contributed by atoms with Crippen molar-refractivity contribution in [2.24, 2.45) is 11.0 Å². The van der Waals surface area contributed by atoms with Crippen LogP contribution >= 0.6 is 0 Å². The molecule has 10 nitrogen and oxygen atoms in total. The molecule has 0 aliphatic heterocycles. The van der Waals surface area contributed by atoms with Gasteiger partial charge in [-0.25, -0.2) is 9.59 Å². The molecule has 0 aromatic rings. The lowest BCUT2D eigenvalue weighted by atomic mass is 9.87. The molecule has 0 spiro atoms. The number of carbonyl (C=O) groups is 3. The third-order valence-corrected chi connectivity index (χ3v) is 3.29. The number of carbonyl (C=O) groups excluding carboxylic acids is 3. The predicted molar refractivity (Wildman–Crippen MR) is 93.1 cm³/mol. The summed E-state index contributed by atoms with van der Waals surface area (Å²) in [6, 6.07) is -1.12. The zero-order valence-corrected chi connectivity index (χ0v) is 16.4. The number of nitrogens with zero attached hydrogens (tertiary/aromatic N) is 3. The highest BCUT2D eigenvalue weighted by Gasteiger charge is 2.34. The number of nitrogens with one attached hydrogen (secondary N) is 1. The molecule has 26 heavy (non-hydrogen) atoms. The minimum Gasteiger partial charge on any atom is -0.469 e. The summed E-state index contributed by atoms with van der Waals surface area (Å²) >= 11 is 0. The molecule has 0 saturated carbocycles. The average Bonchev–Trinajstić information content (AvgIpc) is 2.49. The standard InChI is InChI=1S/C16H28N4O6/c1-15(2,3)26-14(23)18-11(13(22)25-7)8-10(12(21)24-6)9-16(4,5)19-20-17/h10-11H,8-9H2,1-7H3,(H,18,23)/t10-,11-/m0/s1. The summed E-state index contributed by atoms with van der Waals surface area (Å²) in [5.74, 6) is -2.13. The molecule has 10 heteroatoms. The first-order valence-corrected chi connectivity index (χ1v) is 8.06.